The molecule has 108 valence electrons. The number of nitrogens with zero attached hydrogens (tertiary/aromatic N) is 2. The molecule has 21 heavy (non-hydrogen) atoms. The SMILES string of the molecule is Cc1cccc(C(=O)N2CCCC2c2ccncc2)c1C. The number of aromatic nitrogens is 1. The van der Waals surface area contributed by atoms with E-state index in [0.29, 0.717) is 0 Å². The Morgan fingerprint density at radius 3 is 2.71 bits per heavy atom. The summed E-state index contributed by atoms with van der Waals surface area (Å²) in [5, 5.41) is 0. The molecule has 0 spiro atoms. The van der Waals surface area contributed by atoms with Gasteiger partial charge in [-0.25, -0.2) is 0 Å². The first kappa shape index (κ1) is 13.8. The van der Waals surface area contributed by atoms with Gasteiger partial charge in [-0.1, -0.05) is 12.1 Å². The van der Waals surface area contributed by atoms with Crippen molar-refractivity contribution in [3.63, 3.8) is 0 Å². The average Bonchev–Trinajstić information content (AvgIpc) is 3.00. The van der Waals surface area contributed by atoms with Gasteiger partial charge in [0.2, 0.25) is 0 Å². The predicted molar refractivity (Wildman–Crippen MR) is 83.2 cm³/mol. The summed E-state index contributed by atoms with van der Waals surface area (Å²) in [6.45, 7) is 4.91. The molecule has 1 atom stereocenters. The summed E-state index contributed by atoms with van der Waals surface area (Å²) in [6.07, 6.45) is 5.69. The van der Waals surface area contributed by atoms with Gasteiger partial charge in [0.25, 0.3) is 5.91 Å². The average molecular weight is 280 g/mol. The van der Waals surface area contributed by atoms with E-state index in [-0.39, 0.29) is 11.9 Å². The van der Waals surface area contributed by atoms with E-state index in [9.17, 15) is 4.79 Å². The minimum Gasteiger partial charge on any atom is -0.332 e. The van der Waals surface area contributed by atoms with E-state index in [1.54, 1.807) is 12.4 Å². The van der Waals surface area contributed by atoms with Crippen molar-refractivity contribution in [1.82, 2.24) is 9.88 Å². The van der Waals surface area contributed by atoms with Crippen molar-refractivity contribution in [2.24, 2.45) is 0 Å². The van der Waals surface area contributed by atoms with Crippen LogP contribution in [0.15, 0.2) is 42.7 Å². The molecule has 1 fully saturated rings. The second kappa shape index (κ2) is 5.68. The Balaban J connectivity index is 1.92. The van der Waals surface area contributed by atoms with Crippen molar-refractivity contribution >= 4 is 5.91 Å². The smallest absolute Gasteiger partial charge is 0.254 e. The number of carbonyl (C=O) groups excluding carboxylic acids is 1. The van der Waals surface area contributed by atoms with E-state index in [1.807, 2.05) is 36.1 Å². The first-order valence-corrected chi connectivity index (χ1v) is 7.45. The molecule has 1 aromatic heterocycles. The Kier molecular flexibility index (Phi) is 3.74. The van der Waals surface area contributed by atoms with Crippen LogP contribution in [-0.2, 0) is 0 Å². The van der Waals surface area contributed by atoms with E-state index in [0.717, 1.165) is 30.5 Å². The van der Waals surface area contributed by atoms with Gasteiger partial charge in [-0.3, -0.25) is 9.78 Å². The summed E-state index contributed by atoms with van der Waals surface area (Å²) >= 11 is 0. The second-order valence-corrected chi connectivity index (χ2v) is 5.68. The van der Waals surface area contributed by atoms with Crippen LogP contribution in [-0.4, -0.2) is 22.3 Å². The normalized spacial score (nSPS) is 18.0. The van der Waals surface area contributed by atoms with Gasteiger partial charge in [-0.2, -0.15) is 0 Å². The number of carbonyl (C=O) groups is 1. The highest BCUT2D eigenvalue weighted by atomic mass is 16.2. The molecular formula is C18H20N2O. The summed E-state index contributed by atoms with van der Waals surface area (Å²) in [5.41, 5.74) is 4.26. The molecule has 0 radical (unpaired) electrons. The fourth-order valence-electron chi connectivity index (χ4n) is 3.08. The van der Waals surface area contributed by atoms with Gasteiger partial charge in [-0.05, 0) is 61.6 Å². The third-order valence-corrected chi connectivity index (χ3v) is 4.44. The Hall–Kier alpha value is -2.16. The van der Waals surface area contributed by atoms with Gasteiger partial charge < -0.3 is 4.90 Å². The van der Waals surface area contributed by atoms with Crippen molar-refractivity contribution < 1.29 is 4.79 Å². The molecule has 1 amide bonds. The van der Waals surface area contributed by atoms with Crippen LogP contribution in [0.25, 0.3) is 0 Å². The summed E-state index contributed by atoms with van der Waals surface area (Å²) < 4.78 is 0. The Morgan fingerprint density at radius 2 is 1.95 bits per heavy atom. The zero-order valence-electron chi connectivity index (χ0n) is 12.5. The van der Waals surface area contributed by atoms with Gasteiger partial charge in [0, 0.05) is 24.5 Å². The molecule has 1 saturated heterocycles. The summed E-state index contributed by atoms with van der Waals surface area (Å²) in [5.74, 6) is 0.149. The zero-order chi connectivity index (χ0) is 14.8. The quantitative estimate of drug-likeness (QED) is 0.841. The van der Waals surface area contributed by atoms with E-state index in [4.69, 9.17) is 0 Å². The van der Waals surface area contributed by atoms with E-state index in [2.05, 4.69) is 18.0 Å². The lowest BCUT2D eigenvalue weighted by Crippen LogP contribution is -2.31. The van der Waals surface area contributed by atoms with Crippen LogP contribution >= 0.6 is 0 Å². The summed E-state index contributed by atoms with van der Waals surface area (Å²) in [4.78, 5) is 19.0. The molecule has 2 heterocycles. The topological polar surface area (TPSA) is 33.2 Å². The lowest BCUT2D eigenvalue weighted by Gasteiger charge is -2.26. The van der Waals surface area contributed by atoms with E-state index >= 15 is 0 Å². The number of pyridine rings is 1. The van der Waals surface area contributed by atoms with E-state index < -0.39 is 0 Å². The Labute approximate surface area is 125 Å². The number of hydrogen-bond donors (Lipinski definition) is 0. The predicted octanol–water partition coefficient (Wildman–Crippen LogP) is 3.68. The van der Waals surface area contributed by atoms with Gasteiger partial charge >= 0.3 is 0 Å². The molecule has 0 saturated carbocycles. The molecule has 0 bridgehead atoms. The minimum atomic E-state index is 0.149. The highest BCUT2D eigenvalue weighted by Gasteiger charge is 2.31. The molecule has 3 heteroatoms. The minimum absolute atomic E-state index is 0.149. The first-order chi connectivity index (χ1) is 10.2. The number of likely N-dealkylation sites (tertiary alicyclic amines) is 1. The van der Waals surface area contributed by atoms with Gasteiger partial charge in [0.05, 0.1) is 6.04 Å². The van der Waals surface area contributed by atoms with Gasteiger partial charge in [-0.15, -0.1) is 0 Å². The van der Waals surface area contributed by atoms with Crippen molar-refractivity contribution in [3.05, 3.63) is 65.0 Å². The molecule has 3 nitrogen and oxygen atoms in total. The van der Waals surface area contributed by atoms with Crippen LogP contribution in [0.3, 0.4) is 0 Å². The molecule has 2 aromatic rings. The fraction of sp³-hybridized carbons (Fsp3) is 0.333. The highest BCUT2D eigenvalue weighted by molar-refractivity contribution is 5.96. The maximum absolute atomic E-state index is 12.9. The largest absolute Gasteiger partial charge is 0.332 e. The van der Waals surface area contributed by atoms with Crippen LogP contribution in [0.5, 0.6) is 0 Å². The molecule has 3 rings (SSSR count). The van der Waals surface area contributed by atoms with Crippen LogP contribution in [0.1, 0.15) is 45.9 Å². The zero-order valence-corrected chi connectivity index (χ0v) is 12.5. The number of benzene rings is 1. The molecule has 0 N–H and O–H groups in total. The van der Waals surface area contributed by atoms with Gasteiger partial charge in [0.15, 0.2) is 0 Å². The van der Waals surface area contributed by atoms with Crippen LogP contribution < -0.4 is 0 Å². The maximum atomic E-state index is 12.9. The Bertz CT molecular complexity index is 652. The third-order valence-electron chi connectivity index (χ3n) is 4.44. The van der Waals surface area contributed by atoms with Crippen LogP contribution in [0.2, 0.25) is 0 Å². The van der Waals surface area contributed by atoms with E-state index in [1.165, 1.54) is 11.1 Å². The Morgan fingerprint density at radius 1 is 1.19 bits per heavy atom. The molecule has 1 aromatic carbocycles. The number of amides is 1. The maximum Gasteiger partial charge on any atom is 0.254 e. The first-order valence-electron chi connectivity index (χ1n) is 7.45. The standard InChI is InChI=1S/C18H20N2O/c1-13-5-3-6-16(14(13)2)18(21)20-12-4-7-17(20)15-8-10-19-11-9-15/h3,5-6,8-11,17H,4,7,12H2,1-2H3. The van der Waals surface area contributed by atoms with Crippen LogP contribution in [0.4, 0.5) is 0 Å². The lowest BCUT2D eigenvalue weighted by atomic mass is 10.0. The van der Waals surface area contributed by atoms with Crippen LogP contribution in [0, 0.1) is 13.8 Å². The molecule has 1 aliphatic heterocycles. The lowest BCUT2D eigenvalue weighted by molar-refractivity contribution is 0.0734. The second-order valence-electron chi connectivity index (χ2n) is 5.68. The molecule has 0 aliphatic carbocycles. The highest BCUT2D eigenvalue weighted by Crippen LogP contribution is 2.33. The third kappa shape index (κ3) is 2.56. The number of hydrogen-bond acceptors (Lipinski definition) is 2. The molecule has 1 aliphatic rings. The molecular weight excluding hydrogens is 260 g/mol. The van der Waals surface area contributed by atoms with Gasteiger partial charge in [0.1, 0.15) is 0 Å². The number of rotatable bonds is 2. The number of aryl methyl sites for hydroxylation is 1. The molecule has 1 unspecified atom stereocenters. The summed E-state index contributed by atoms with van der Waals surface area (Å²) in [7, 11) is 0. The summed E-state index contributed by atoms with van der Waals surface area (Å²) in [6, 6.07) is 10.2. The van der Waals surface area contributed by atoms with Crippen molar-refractivity contribution in [1.29, 1.82) is 0 Å². The van der Waals surface area contributed by atoms with Crippen molar-refractivity contribution in [2.75, 3.05) is 6.54 Å². The monoisotopic (exact) mass is 280 g/mol. The van der Waals surface area contributed by atoms with Crippen molar-refractivity contribution in [3.8, 4) is 0 Å². The van der Waals surface area contributed by atoms with Crippen molar-refractivity contribution in [2.45, 2.75) is 32.7 Å². The fourth-order valence-corrected chi connectivity index (χ4v) is 3.08.